The van der Waals surface area contributed by atoms with Gasteiger partial charge >= 0.3 is 6.03 Å². The Morgan fingerprint density at radius 2 is 2.09 bits per heavy atom. The molecular formula is C14H11N2O6-. The van der Waals surface area contributed by atoms with Crippen LogP contribution in [0.4, 0.5) is 4.79 Å². The predicted molar refractivity (Wildman–Crippen MR) is 71.2 cm³/mol. The van der Waals surface area contributed by atoms with E-state index in [1.165, 1.54) is 25.3 Å². The van der Waals surface area contributed by atoms with E-state index in [1.54, 1.807) is 12.1 Å². The van der Waals surface area contributed by atoms with Gasteiger partial charge in [0.25, 0.3) is 11.8 Å². The van der Waals surface area contributed by atoms with Crippen LogP contribution in [0, 0.1) is 0 Å². The van der Waals surface area contributed by atoms with Gasteiger partial charge in [-0.25, -0.2) is 4.79 Å². The van der Waals surface area contributed by atoms with E-state index in [0.717, 1.165) is 4.90 Å². The normalized spacial score (nSPS) is 16.7. The van der Waals surface area contributed by atoms with Gasteiger partial charge in [0, 0.05) is 7.05 Å². The summed E-state index contributed by atoms with van der Waals surface area (Å²) >= 11 is 0. The van der Waals surface area contributed by atoms with Gasteiger partial charge in [-0.3, -0.25) is 19.8 Å². The van der Waals surface area contributed by atoms with Crippen LogP contribution in [0.5, 0.6) is 5.75 Å². The van der Waals surface area contributed by atoms with Crippen molar-refractivity contribution in [3.05, 3.63) is 35.4 Å². The monoisotopic (exact) mass is 303 g/mol. The molecule has 4 amide bonds. The van der Waals surface area contributed by atoms with Crippen LogP contribution in [0.25, 0.3) is 6.08 Å². The Hall–Kier alpha value is -3.16. The lowest BCUT2D eigenvalue weighted by Gasteiger charge is -2.22. The van der Waals surface area contributed by atoms with Gasteiger partial charge in [0.2, 0.25) is 0 Å². The largest absolute Gasteiger partial charge is 0.546 e. The third kappa shape index (κ3) is 3.29. The molecule has 0 atom stereocenters. The molecule has 1 aromatic carbocycles. The fraction of sp³-hybridized carbons (Fsp3) is 0.143. The molecule has 8 heteroatoms. The van der Waals surface area contributed by atoms with Crippen molar-refractivity contribution in [3.63, 3.8) is 0 Å². The van der Waals surface area contributed by atoms with Crippen molar-refractivity contribution in [2.24, 2.45) is 0 Å². The minimum Gasteiger partial charge on any atom is -0.546 e. The van der Waals surface area contributed by atoms with Crippen molar-refractivity contribution in [1.82, 2.24) is 10.2 Å². The number of urea groups is 1. The van der Waals surface area contributed by atoms with Gasteiger partial charge in [-0.05, 0) is 23.8 Å². The van der Waals surface area contributed by atoms with E-state index in [9.17, 15) is 24.3 Å². The zero-order chi connectivity index (χ0) is 16.3. The van der Waals surface area contributed by atoms with Crippen molar-refractivity contribution in [1.29, 1.82) is 0 Å². The van der Waals surface area contributed by atoms with Crippen molar-refractivity contribution in [3.8, 4) is 5.75 Å². The van der Waals surface area contributed by atoms with Crippen molar-refractivity contribution in [2.75, 3.05) is 13.7 Å². The van der Waals surface area contributed by atoms with Gasteiger partial charge in [-0.15, -0.1) is 0 Å². The van der Waals surface area contributed by atoms with Crippen molar-refractivity contribution < 1.29 is 29.0 Å². The van der Waals surface area contributed by atoms with Gasteiger partial charge in [0.05, 0.1) is 5.97 Å². The molecule has 0 spiro atoms. The molecule has 0 aliphatic carbocycles. The maximum absolute atomic E-state index is 11.9. The third-order valence-electron chi connectivity index (χ3n) is 2.83. The molecular weight excluding hydrogens is 292 g/mol. The Bertz CT molecular complexity index is 694. The average molecular weight is 303 g/mol. The van der Waals surface area contributed by atoms with Crippen LogP contribution in [-0.2, 0) is 14.4 Å². The number of carbonyl (C=O) groups excluding carboxylic acids is 4. The molecule has 0 unspecified atom stereocenters. The number of carbonyl (C=O) groups is 4. The molecule has 1 saturated heterocycles. The SMILES string of the molecule is CN1C(=O)NC(=O)/C(=C\c2cccc(OCC(=O)[O-])c2)C1=O. The number of likely N-dealkylation sites (N-methyl/N-ethyl adjacent to an activating group) is 1. The zero-order valence-corrected chi connectivity index (χ0v) is 11.5. The van der Waals surface area contributed by atoms with Crippen LogP contribution in [-0.4, -0.2) is 42.4 Å². The number of barbiturate groups is 1. The highest BCUT2D eigenvalue weighted by molar-refractivity contribution is 6.30. The molecule has 0 bridgehead atoms. The highest BCUT2D eigenvalue weighted by Crippen LogP contribution is 2.18. The number of rotatable bonds is 4. The lowest BCUT2D eigenvalue weighted by atomic mass is 10.1. The van der Waals surface area contributed by atoms with Crippen molar-refractivity contribution in [2.45, 2.75) is 0 Å². The number of ether oxygens (including phenoxy) is 1. The maximum atomic E-state index is 11.9. The molecule has 2 rings (SSSR count). The molecule has 1 heterocycles. The fourth-order valence-corrected chi connectivity index (χ4v) is 1.75. The van der Waals surface area contributed by atoms with E-state index in [4.69, 9.17) is 4.74 Å². The molecule has 114 valence electrons. The number of carboxylic acids is 1. The molecule has 0 saturated carbocycles. The quantitative estimate of drug-likeness (QED) is 0.558. The minimum absolute atomic E-state index is 0.209. The summed E-state index contributed by atoms with van der Waals surface area (Å²) in [5.74, 6) is -2.65. The molecule has 22 heavy (non-hydrogen) atoms. The van der Waals surface area contributed by atoms with E-state index >= 15 is 0 Å². The number of nitrogens with one attached hydrogen (secondary N) is 1. The molecule has 1 N–H and O–H groups in total. The average Bonchev–Trinajstić information content (AvgIpc) is 2.48. The molecule has 0 radical (unpaired) electrons. The molecule has 1 aliphatic rings. The summed E-state index contributed by atoms with van der Waals surface area (Å²) in [5.41, 5.74) is 0.233. The smallest absolute Gasteiger partial charge is 0.331 e. The van der Waals surface area contributed by atoms with E-state index in [-0.39, 0.29) is 11.3 Å². The summed E-state index contributed by atoms with van der Waals surface area (Å²) in [6.07, 6.45) is 1.28. The first kappa shape index (κ1) is 15.2. The van der Waals surface area contributed by atoms with Gasteiger partial charge < -0.3 is 14.6 Å². The van der Waals surface area contributed by atoms with Crippen LogP contribution in [0.15, 0.2) is 29.8 Å². The summed E-state index contributed by atoms with van der Waals surface area (Å²) in [6, 6.07) is 5.33. The molecule has 1 aromatic rings. The van der Waals surface area contributed by atoms with E-state index in [2.05, 4.69) is 0 Å². The minimum atomic E-state index is -1.37. The topological polar surface area (TPSA) is 116 Å². The Kier molecular flexibility index (Phi) is 4.21. The van der Waals surface area contributed by atoms with Crippen LogP contribution < -0.4 is 15.2 Å². The van der Waals surface area contributed by atoms with Gasteiger partial charge in [-0.2, -0.15) is 0 Å². The molecule has 1 fully saturated rings. The predicted octanol–water partition coefficient (Wildman–Crippen LogP) is -1.09. The Morgan fingerprint density at radius 3 is 2.77 bits per heavy atom. The van der Waals surface area contributed by atoms with E-state index < -0.39 is 30.4 Å². The summed E-state index contributed by atoms with van der Waals surface area (Å²) in [6.45, 7) is -0.614. The van der Waals surface area contributed by atoms with E-state index in [0.29, 0.717) is 5.56 Å². The lowest BCUT2D eigenvalue weighted by Crippen LogP contribution is -2.52. The fourth-order valence-electron chi connectivity index (χ4n) is 1.75. The van der Waals surface area contributed by atoms with Gasteiger partial charge in [0.1, 0.15) is 17.9 Å². The number of benzene rings is 1. The Morgan fingerprint density at radius 1 is 1.36 bits per heavy atom. The molecule has 1 aliphatic heterocycles. The van der Waals surface area contributed by atoms with Crippen LogP contribution in [0.3, 0.4) is 0 Å². The van der Waals surface area contributed by atoms with Gasteiger partial charge in [-0.1, -0.05) is 12.1 Å². The number of amides is 4. The number of carboxylic acid groups (broad SMARTS) is 1. The zero-order valence-electron chi connectivity index (χ0n) is 11.5. The Labute approximate surface area is 125 Å². The number of imide groups is 2. The second kappa shape index (κ2) is 6.08. The third-order valence-corrected chi connectivity index (χ3v) is 2.83. The number of hydrogen-bond acceptors (Lipinski definition) is 6. The second-order valence-corrected chi connectivity index (χ2v) is 4.41. The summed E-state index contributed by atoms with van der Waals surface area (Å²) in [5, 5.41) is 12.4. The first-order valence-corrected chi connectivity index (χ1v) is 6.16. The lowest BCUT2D eigenvalue weighted by molar-refractivity contribution is -0.307. The highest BCUT2D eigenvalue weighted by atomic mass is 16.5. The number of hydrogen-bond donors (Lipinski definition) is 1. The highest BCUT2D eigenvalue weighted by Gasteiger charge is 2.32. The summed E-state index contributed by atoms with van der Waals surface area (Å²) in [4.78, 5) is 46.0. The first-order valence-electron chi connectivity index (χ1n) is 6.16. The first-order chi connectivity index (χ1) is 10.4. The summed E-state index contributed by atoms with van der Waals surface area (Å²) < 4.78 is 4.95. The van der Waals surface area contributed by atoms with Crippen LogP contribution in [0.2, 0.25) is 0 Å². The maximum Gasteiger partial charge on any atom is 0.331 e. The number of aliphatic carboxylic acids is 1. The standard InChI is InChI=1S/C14H12N2O6/c1-16-13(20)10(12(19)15-14(16)21)6-8-3-2-4-9(5-8)22-7-11(17)18/h2-6H,7H2,1H3,(H,17,18)(H,15,19,21)/p-1/b10-6+. The summed E-state index contributed by atoms with van der Waals surface area (Å²) in [7, 11) is 1.25. The van der Waals surface area contributed by atoms with Crippen molar-refractivity contribution >= 4 is 29.9 Å². The molecule has 0 aromatic heterocycles. The molecule has 8 nitrogen and oxygen atoms in total. The van der Waals surface area contributed by atoms with E-state index in [1.807, 2.05) is 5.32 Å². The van der Waals surface area contributed by atoms with Gasteiger partial charge in [0.15, 0.2) is 0 Å². The second-order valence-electron chi connectivity index (χ2n) is 4.41. The van der Waals surface area contributed by atoms with Crippen LogP contribution in [0.1, 0.15) is 5.56 Å². The van der Waals surface area contributed by atoms with Crippen LogP contribution >= 0.6 is 0 Å². The number of nitrogens with zero attached hydrogens (tertiary/aromatic N) is 1. The Balaban J connectivity index is 2.26.